The number of rotatable bonds is 6. The molecule has 0 spiro atoms. The van der Waals surface area contributed by atoms with Gasteiger partial charge in [-0.2, -0.15) is 0 Å². The predicted octanol–water partition coefficient (Wildman–Crippen LogP) is -4.10. The second kappa shape index (κ2) is 8.89. The predicted molar refractivity (Wildman–Crippen MR) is 103 cm³/mol. The molecule has 3 N–H and O–H groups in total. The van der Waals surface area contributed by atoms with Crippen molar-refractivity contribution in [2.75, 3.05) is 13.1 Å². The molecule has 156 valence electrons. The average Bonchev–Trinajstić information content (AvgIpc) is 3.11. The minimum atomic E-state index is -1.40. The zero-order chi connectivity index (χ0) is 21.0. The van der Waals surface area contributed by atoms with Crippen LogP contribution in [0.4, 0.5) is 0 Å². The molecule has 0 radical (unpaired) electrons. The molecule has 4 atom stereocenters. The van der Waals surface area contributed by atoms with Crippen molar-refractivity contribution >= 4 is 40.9 Å². The summed E-state index contributed by atoms with van der Waals surface area (Å²) in [5, 5.41) is 21.7. The van der Waals surface area contributed by atoms with E-state index in [1.165, 1.54) is 28.0 Å². The van der Waals surface area contributed by atoms with Crippen molar-refractivity contribution in [2.45, 2.75) is 43.3 Å². The van der Waals surface area contributed by atoms with Gasteiger partial charge in [-0.3, -0.25) is 14.5 Å². The minimum Gasteiger partial charge on any atom is -0.543 e. The molecule has 0 bridgehead atoms. The van der Waals surface area contributed by atoms with E-state index >= 15 is 0 Å². The molecule has 1 fully saturated rings. The summed E-state index contributed by atoms with van der Waals surface area (Å²) in [5.74, 6) is -3.00. The number of carbonyl (C=O) groups excluding carboxylic acids is 3. The van der Waals surface area contributed by atoms with Crippen molar-refractivity contribution in [1.29, 1.82) is 0 Å². The number of carbonyl (C=O) groups is 3. The number of hydrogen-bond acceptors (Lipinski definition) is 9. The van der Waals surface area contributed by atoms with E-state index in [-0.39, 0.29) is 65.6 Å². The molecule has 0 aromatic carbocycles. The average molecular weight is 461 g/mol. The molecule has 3 aliphatic heterocycles. The number of thioether (sulfide) groups is 1. The topological polar surface area (TPSA) is 140 Å². The first-order valence-corrected chi connectivity index (χ1v) is 11.0. The molecule has 1 aromatic heterocycles. The number of β-lactam (4-membered cyclic amide) rings is 1. The van der Waals surface area contributed by atoms with Gasteiger partial charge >= 0.3 is 29.6 Å². The van der Waals surface area contributed by atoms with Crippen molar-refractivity contribution in [3.63, 3.8) is 0 Å². The first kappa shape index (κ1) is 23.7. The third kappa shape index (κ3) is 3.96. The largest absolute Gasteiger partial charge is 1.00 e. The van der Waals surface area contributed by atoms with Crippen LogP contribution in [0.2, 0.25) is 0 Å². The molecular formula is C18H21N4NaO5S2. The molecule has 4 unspecified atom stereocenters. The van der Waals surface area contributed by atoms with Gasteiger partial charge in [0.25, 0.3) is 0 Å². The molecule has 9 nitrogen and oxygen atoms in total. The summed E-state index contributed by atoms with van der Waals surface area (Å²) in [6.07, 6.45) is -0.152. The number of aliphatic hydroxyl groups is 1. The summed E-state index contributed by atoms with van der Waals surface area (Å²) < 4.78 is 0.695. The van der Waals surface area contributed by atoms with Gasteiger partial charge in [0, 0.05) is 35.2 Å². The Morgan fingerprint density at radius 1 is 1.47 bits per heavy atom. The second-order valence-corrected chi connectivity index (χ2v) is 10.0. The molecule has 4 rings (SSSR count). The van der Waals surface area contributed by atoms with E-state index in [0.717, 1.165) is 10.6 Å². The summed E-state index contributed by atoms with van der Waals surface area (Å²) in [7, 11) is 0. The van der Waals surface area contributed by atoms with Crippen molar-refractivity contribution in [3.05, 3.63) is 21.2 Å². The van der Waals surface area contributed by atoms with E-state index in [0.29, 0.717) is 28.8 Å². The fraction of sp³-hybridized carbons (Fsp3) is 0.556. The Balaban J connectivity index is 0.00000256. The Morgan fingerprint density at radius 2 is 2.17 bits per heavy atom. The summed E-state index contributed by atoms with van der Waals surface area (Å²) in [6.45, 7) is 4.86. The van der Waals surface area contributed by atoms with Gasteiger partial charge in [-0.05, 0) is 6.92 Å². The summed E-state index contributed by atoms with van der Waals surface area (Å²) >= 11 is 2.71. The Bertz CT molecular complexity index is 934. The van der Waals surface area contributed by atoms with Crippen LogP contribution in [-0.4, -0.2) is 62.9 Å². The zero-order valence-electron chi connectivity index (χ0n) is 17.0. The number of aromatic nitrogens is 1. The van der Waals surface area contributed by atoms with Crippen LogP contribution in [0.3, 0.4) is 0 Å². The van der Waals surface area contributed by atoms with E-state index in [1.807, 2.05) is 11.8 Å². The Morgan fingerprint density at radius 3 is 2.77 bits per heavy atom. The van der Waals surface area contributed by atoms with E-state index in [1.54, 1.807) is 6.92 Å². The quantitative estimate of drug-likeness (QED) is 0.323. The molecule has 3 aliphatic rings. The maximum absolute atomic E-state index is 12.4. The molecule has 12 heteroatoms. The number of primary amides is 1. The molecular weight excluding hydrogens is 439 g/mol. The molecule has 2 amide bonds. The van der Waals surface area contributed by atoms with Crippen molar-refractivity contribution < 1.29 is 54.2 Å². The van der Waals surface area contributed by atoms with E-state index < -0.39 is 18.0 Å². The number of hydrogen-bond donors (Lipinski definition) is 2. The first-order valence-electron chi connectivity index (χ1n) is 9.32. The smallest absolute Gasteiger partial charge is 0.543 e. The summed E-state index contributed by atoms with van der Waals surface area (Å²) in [4.78, 5) is 44.8. The summed E-state index contributed by atoms with van der Waals surface area (Å²) in [5.41, 5.74) is 6.11. The van der Waals surface area contributed by atoms with Crippen molar-refractivity contribution in [2.24, 2.45) is 17.6 Å². The number of aliphatic hydroxyl groups excluding tert-OH is 1. The van der Waals surface area contributed by atoms with Crippen LogP contribution >= 0.6 is 23.1 Å². The normalized spacial score (nSPS) is 26.6. The van der Waals surface area contributed by atoms with Gasteiger partial charge in [0.05, 0.1) is 42.0 Å². The van der Waals surface area contributed by atoms with Crippen LogP contribution < -0.4 is 40.4 Å². The van der Waals surface area contributed by atoms with Gasteiger partial charge in [-0.15, -0.1) is 11.3 Å². The van der Waals surface area contributed by atoms with Crippen LogP contribution in [0, 0.1) is 11.8 Å². The van der Waals surface area contributed by atoms with Gasteiger partial charge in [-0.1, -0.05) is 18.7 Å². The van der Waals surface area contributed by atoms with E-state index in [2.05, 4.69) is 4.98 Å². The fourth-order valence-corrected chi connectivity index (χ4v) is 6.93. The summed E-state index contributed by atoms with van der Waals surface area (Å²) in [6, 6.07) is -0.376. The number of amides is 2. The molecule has 0 saturated carbocycles. The Hall–Kier alpha value is -0.950. The van der Waals surface area contributed by atoms with Crippen LogP contribution in [0.25, 0.3) is 0 Å². The molecule has 1 aromatic rings. The maximum atomic E-state index is 12.4. The number of nitrogens with zero attached hydrogens (tertiary/aromatic N) is 3. The second-order valence-electron chi connectivity index (χ2n) is 7.63. The van der Waals surface area contributed by atoms with E-state index in [4.69, 9.17) is 5.73 Å². The zero-order valence-corrected chi connectivity index (χ0v) is 20.6. The standard InChI is InChI=1S/C18H22N4O5S2.Na/c1-7-13-12(8(2)23)16(25)22(13)14(17(26)27)15(7)29-18-20-9-3-4-21(6-11(19)24)5-10(9)28-18;/h7-8,12-13,23H,3-6H2,1-2H3,(H2,19,24)(H,26,27);/q;+1/p-1. The number of nitrogens with two attached hydrogens (primary N) is 1. The number of aliphatic carboxylic acids is 1. The Kier molecular flexibility index (Phi) is 7.03. The fourth-order valence-electron chi connectivity index (χ4n) is 4.37. The van der Waals surface area contributed by atoms with Gasteiger partial charge < -0.3 is 25.6 Å². The van der Waals surface area contributed by atoms with E-state index in [9.17, 15) is 24.6 Å². The molecule has 0 aliphatic carbocycles. The van der Waals surface area contributed by atoms with Crippen molar-refractivity contribution in [1.82, 2.24) is 14.8 Å². The minimum absolute atomic E-state index is 0. The number of fused-ring (bicyclic) bond motifs is 2. The third-order valence-electron chi connectivity index (χ3n) is 5.67. The van der Waals surface area contributed by atoms with Gasteiger partial charge in [-0.25, -0.2) is 4.98 Å². The van der Waals surface area contributed by atoms with Gasteiger partial charge in [0.15, 0.2) is 4.34 Å². The number of thiazole rings is 1. The third-order valence-corrected chi connectivity index (χ3v) is 8.10. The van der Waals surface area contributed by atoms with Gasteiger partial charge in [0.2, 0.25) is 11.8 Å². The molecule has 1 saturated heterocycles. The van der Waals surface area contributed by atoms with Gasteiger partial charge in [0.1, 0.15) is 0 Å². The van der Waals surface area contributed by atoms with Crippen LogP contribution in [-0.2, 0) is 27.3 Å². The number of carboxylic acids is 1. The number of carboxylic acid groups (broad SMARTS) is 1. The molecule has 4 heterocycles. The molecule has 30 heavy (non-hydrogen) atoms. The van der Waals surface area contributed by atoms with Crippen LogP contribution in [0.15, 0.2) is 14.9 Å². The van der Waals surface area contributed by atoms with Crippen LogP contribution in [0.5, 0.6) is 0 Å². The Labute approximate surface area is 204 Å². The van der Waals surface area contributed by atoms with Crippen molar-refractivity contribution in [3.8, 4) is 0 Å². The van der Waals surface area contributed by atoms with Crippen LogP contribution in [0.1, 0.15) is 24.4 Å². The first-order chi connectivity index (χ1) is 13.7. The SMILES string of the molecule is CC(O)C1C(=O)N2C(C(=O)[O-])=C(Sc3nc4c(s3)CN(CC(N)=O)CC4)C(C)C12.[Na+]. The monoisotopic (exact) mass is 460 g/mol. The maximum Gasteiger partial charge on any atom is 1.00 e.